The smallest absolute Gasteiger partial charge is 0.266 e. The standard InChI is InChI=1S/C23H24BrNO4S2/c1-3-25-22(26)21(31-23(25)30)15-17-14-18(24)6-9-20(17)29-13-11-27-10-12-28-19-7-4-16(2)5-8-19/h4-9,14-15H,3,10-13H2,1-2H3/b21-15+. The zero-order chi connectivity index (χ0) is 22.2. The van der Waals surface area contributed by atoms with Crippen molar-refractivity contribution in [3.63, 3.8) is 0 Å². The van der Waals surface area contributed by atoms with E-state index in [2.05, 4.69) is 15.9 Å². The maximum atomic E-state index is 12.5. The Morgan fingerprint density at radius 1 is 1.06 bits per heavy atom. The highest BCUT2D eigenvalue weighted by Gasteiger charge is 2.30. The molecule has 0 unspecified atom stereocenters. The molecule has 1 aliphatic rings. The van der Waals surface area contributed by atoms with Gasteiger partial charge in [-0.2, -0.15) is 0 Å². The highest BCUT2D eigenvalue weighted by Crippen LogP contribution is 2.34. The first-order valence-electron chi connectivity index (χ1n) is 9.93. The van der Waals surface area contributed by atoms with Gasteiger partial charge in [-0.1, -0.05) is 57.6 Å². The molecule has 0 spiro atoms. The van der Waals surface area contributed by atoms with E-state index in [0.717, 1.165) is 15.8 Å². The molecule has 1 amide bonds. The largest absolute Gasteiger partial charge is 0.491 e. The maximum absolute atomic E-state index is 12.5. The second-order valence-electron chi connectivity index (χ2n) is 6.73. The molecule has 1 saturated heterocycles. The summed E-state index contributed by atoms with van der Waals surface area (Å²) in [5.74, 6) is 1.45. The van der Waals surface area contributed by atoms with Crippen LogP contribution in [0.5, 0.6) is 11.5 Å². The van der Waals surface area contributed by atoms with Crippen molar-refractivity contribution < 1.29 is 19.0 Å². The Morgan fingerprint density at radius 3 is 2.45 bits per heavy atom. The molecule has 0 atom stereocenters. The van der Waals surface area contributed by atoms with E-state index in [-0.39, 0.29) is 5.91 Å². The van der Waals surface area contributed by atoms with Gasteiger partial charge in [-0.05, 0) is 50.3 Å². The van der Waals surface area contributed by atoms with Crippen LogP contribution in [-0.2, 0) is 9.53 Å². The number of carbonyl (C=O) groups is 1. The van der Waals surface area contributed by atoms with Crippen LogP contribution < -0.4 is 9.47 Å². The SMILES string of the molecule is CCN1C(=O)/C(=C\c2cc(Br)ccc2OCCOCCOc2ccc(C)cc2)SC1=S. The number of hydrogen-bond donors (Lipinski definition) is 0. The van der Waals surface area contributed by atoms with E-state index >= 15 is 0 Å². The quantitative estimate of drug-likeness (QED) is 0.235. The molecule has 1 aliphatic heterocycles. The van der Waals surface area contributed by atoms with Gasteiger partial charge in [0.15, 0.2) is 0 Å². The Morgan fingerprint density at radius 2 is 1.77 bits per heavy atom. The van der Waals surface area contributed by atoms with Gasteiger partial charge in [-0.25, -0.2) is 0 Å². The first-order chi connectivity index (χ1) is 15.0. The predicted molar refractivity (Wildman–Crippen MR) is 133 cm³/mol. The number of carbonyl (C=O) groups excluding carboxylic acids is 1. The summed E-state index contributed by atoms with van der Waals surface area (Å²) in [6, 6.07) is 13.6. The lowest BCUT2D eigenvalue weighted by Gasteiger charge is -2.12. The van der Waals surface area contributed by atoms with Gasteiger partial charge in [-0.15, -0.1) is 0 Å². The molecule has 8 heteroatoms. The minimum atomic E-state index is -0.0691. The second-order valence-corrected chi connectivity index (χ2v) is 9.32. The Bertz CT molecular complexity index is 963. The Kier molecular flexibility index (Phi) is 8.95. The number of hydrogen-bond acceptors (Lipinski definition) is 6. The third-order valence-corrected chi connectivity index (χ3v) is 6.32. The minimum Gasteiger partial charge on any atom is -0.491 e. The third-order valence-electron chi connectivity index (χ3n) is 4.45. The first kappa shape index (κ1) is 23.8. The van der Waals surface area contributed by atoms with Gasteiger partial charge in [0.25, 0.3) is 5.91 Å². The van der Waals surface area contributed by atoms with E-state index in [9.17, 15) is 4.79 Å². The van der Waals surface area contributed by atoms with Crippen LogP contribution in [0.2, 0.25) is 0 Å². The summed E-state index contributed by atoms with van der Waals surface area (Å²) in [4.78, 5) is 14.7. The Labute approximate surface area is 200 Å². The summed E-state index contributed by atoms with van der Waals surface area (Å²) in [7, 11) is 0. The van der Waals surface area contributed by atoms with Crippen LogP contribution >= 0.6 is 39.9 Å². The predicted octanol–water partition coefficient (Wildman–Crippen LogP) is 5.45. The summed E-state index contributed by atoms with van der Waals surface area (Å²) >= 11 is 10.1. The number of thioether (sulfide) groups is 1. The molecule has 1 heterocycles. The number of ether oxygens (including phenoxy) is 3. The number of aryl methyl sites for hydroxylation is 1. The molecule has 0 radical (unpaired) electrons. The van der Waals surface area contributed by atoms with Crippen LogP contribution in [0, 0.1) is 6.92 Å². The van der Waals surface area contributed by atoms with Gasteiger partial charge in [0.1, 0.15) is 29.0 Å². The number of likely N-dealkylation sites (N-methyl/N-ethyl adjacent to an activating group) is 1. The molecule has 0 N–H and O–H groups in total. The van der Waals surface area contributed by atoms with Crippen molar-refractivity contribution in [1.82, 2.24) is 4.90 Å². The zero-order valence-electron chi connectivity index (χ0n) is 17.4. The average Bonchev–Trinajstić information content (AvgIpc) is 3.02. The van der Waals surface area contributed by atoms with E-state index in [1.54, 1.807) is 4.90 Å². The van der Waals surface area contributed by atoms with Crippen molar-refractivity contribution >= 4 is 56.2 Å². The summed E-state index contributed by atoms with van der Waals surface area (Å²) in [5.41, 5.74) is 2.01. The normalized spacial score (nSPS) is 15.1. The van der Waals surface area contributed by atoms with Gasteiger partial charge in [-0.3, -0.25) is 9.69 Å². The van der Waals surface area contributed by atoms with E-state index in [0.29, 0.717) is 47.9 Å². The molecule has 2 aromatic carbocycles. The van der Waals surface area contributed by atoms with E-state index in [1.807, 2.05) is 62.4 Å². The van der Waals surface area contributed by atoms with Crippen molar-refractivity contribution in [2.75, 3.05) is 33.0 Å². The molecule has 1 fully saturated rings. The molecular weight excluding hydrogens is 498 g/mol. The average molecular weight is 522 g/mol. The van der Waals surface area contributed by atoms with Crippen LogP contribution in [0.3, 0.4) is 0 Å². The monoisotopic (exact) mass is 521 g/mol. The van der Waals surface area contributed by atoms with Crippen molar-refractivity contribution in [2.45, 2.75) is 13.8 Å². The van der Waals surface area contributed by atoms with E-state index in [4.69, 9.17) is 26.4 Å². The van der Waals surface area contributed by atoms with Crippen molar-refractivity contribution in [2.24, 2.45) is 0 Å². The van der Waals surface area contributed by atoms with Gasteiger partial charge in [0, 0.05) is 16.6 Å². The first-order valence-corrected chi connectivity index (χ1v) is 11.9. The third kappa shape index (κ3) is 6.80. The molecule has 3 rings (SSSR count). The van der Waals surface area contributed by atoms with E-state index in [1.165, 1.54) is 17.3 Å². The summed E-state index contributed by atoms with van der Waals surface area (Å²) in [6.07, 6.45) is 1.82. The fourth-order valence-electron chi connectivity index (χ4n) is 2.84. The molecular formula is C23H24BrNO4S2. The van der Waals surface area contributed by atoms with Crippen molar-refractivity contribution in [3.05, 3.63) is 63.0 Å². The van der Waals surface area contributed by atoms with Crippen molar-refractivity contribution in [1.29, 1.82) is 0 Å². The molecule has 0 aliphatic carbocycles. The fourth-order valence-corrected chi connectivity index (χ4v) is 4.60. The molecule has 0 saturated carbocycles. The molecule has 164 valence electrons. The lowest BCUT2D eigenvalue weighted by atomic mass is 10.2. The molecule has 2 aromatic rings. The topological polar surface area (TPSA) is 48.0 Å². The van der Waals surface area contributed by atoms with Crippen LogP contribution in [-0.4, -0.2) is 48.1 Å². The molecule has 0 bridgehead atoms. The maximum Gasteiger partial charge on any atom is 0.266 e. The van der Waals surface area contributed by atoms with Crippen molar-refractivity contribution in [3.8, 4) is 11.5 Å². The second kappa shape index (κ2) is 11.7. The molecule has 31 heavy (non-hydrogen) atoms. The van der Waals surface area contributed by atoms with Crippen LogP contribution in [0.15, 0.2) is 51.8 Å². The number of amides is 1. The Balaban J connectivity index is 1.48. The molecule has 0 aromatic heterocycles. The fraction of sp³-hybridized carbons (Fsp3) is 0.304. The number of rotatable bonds is 10. The van der Waals surface area contributed by atoms with Gasteiger partial charge < -0.3 is 14.2 Å². The van der Waals surface area contributed by atoms with Gasteiger partial charge >= 0.3 is 0 Å². The van der Waals surface area contributed by atoms with E-state index < -0.39 is 0 Å². The van der Waals surface area contributed by atoms with Gasteiger partial charge in [0.05, 0.1) is 18.1 Å². The highest BCUT2D eigenvalue weighted by atomic mass is 79.9. The number of nitrogens with zero attached hydrogens (tertiary/aromatic N) is 1. The van der Waals surface area contributed by atoms with Crippen LogP contribution in [0.25, 0.3) is 6.08 Å². The number of thiocarbonyl (C=S) groups is 1. The number of halogens is 1. The van der Waals surface area contributed by atoms with Crippen LogP contribution in [0.4, 0.5) is 0 Å². The van der Waals surface area contributed by atoms with Gasteiger partial charge in [0.2, 0.25) is 0 Å². The Hall–Kier alpha value is -1.87. The summed E-state index contributed by atoms with van der Waals surface area (Å²) < 4.78 is 18.6. The highest BCUT2D eigenvalue weighted by molar-refractivity contribution is 9.10. The molecule has 5 nitrogen and oxygen atoms in total. The lowest BCUT2D eigenvalue weighted by molar-refractivity contribution is -0.121. The zero-order valence-corrected chi connectivity index (χ0v) is 20.6. The van der Waals surface area contributed by atoms with Crippen LogP contribution in [0.1, 0.15) is 18.1 Å². The summed E-state index contributed by atoms with van der Waals surface area (Å²) in [6.45, 7) is 6.30. The minimum absolute atomic E-state index is 0.0691. The summed E-state index contributed by atoms with van der Waals surface area (Å²) in [5, 5.41) is 0. The lowest BCUT2D eigenvalue weighted by Crippen LogP contribution is -2.27. The number of benzene rings is 2.